The number of methoxy groups -OCH3 is 2. The fourth-order valence-electron chi connectivity index (χ4n) is 3.96. The molecule has 1 aliphatic heterocycles. The lowest BCUT2D eigenvalue weighted by molar-refractivity contribution is -0.116. The van der Waals surface area contributed by atoms with Crippen LogP contribution < -0.4 is 14.8 Å². The maximum Gasteiger partial charge on any atom is 0.356 e. The van der Waals surface area contributed by atoms with Crippen molar-refractivity contribution in [2.75, 3.05) is 45.8 Å². The number of likely N-dealkylation sites (tertiary alicyclic amines) is 1. The van der Waals surface area contributed by atoms with Crippen LogP contribution in [0.1, 0.15) is 43.6 Å². The Labute approximate surface area is 176 Å². The topological polar surface area (TPSA) is 92.9 Å². The molecule has 1 aliphatic rings. The number of carbonyl (C=O) groups is 2. The van der Waals surface area contributed by atoms with E-state index in [0.717, 1.165) is 13.1 Å². The predicted octanol–water partition coefficient (Wildman–Crippen LogP) is 3.42. The number of nitrogens with zero attached hydrogens (tertiary/aromatic N) is 1. The van der Waals surface area contributed by atoms with Crippen molar-refractivity contribution in [3.05, 3.63) is 17.8 Å². The van der Waals surface area contributed by atoms with Crippen LogP contribution in [0.15, 0.2) is 12.1 Å². The van der Waals surface area contributed by atoms with Crippen molar-refractivity contribution < 1.29 is 23.8 Å². The highest BCUT2D eigenvalue weighted by Crippen LogP contribution is 2.37. The highest BCUT2D eigenvalue weighted by atomic mass is 16.5. The van der Waals surface area contributed by atoms with Crippen LogP contribution in [0.5, 0.6) is 11.5 Å². The zero-order valence-corrected chi connectivity index (χ0v) is 18.2. The van der Waals surface area contributed by atoms with Crippen LogP contribution >= 0.6 is 0 Å². The molecule has 1 amide bonds. The highest BCUT2D eigenvalue weighted by molar-refractivity contribution is 6.11. The fraction of sp³-hybridized carbons (Fsp3) is 0.545. The molecule has 0 spiro atoms. The first-order chi connectivity index (χ1) is 14.5. The summed E-state index contributed by atoms with van der Waals surface area (Å²) in [6, 6.07) is 3.48. The van der Waals surface area contributed by atoms with Gasteiger partial charge >= 0.3 is 5.97 Å². The zero-order valence-electron chi connectivity index (χ0n) is 18.2. The fourth-order valence-corrected chi connectivity index (χ4v) is 3.96. The van der Waals surface area contributed by atoms with E-state index >= 15 is 0 Å². The summed E-state index contributed by atoms with van der Waals surface area (Å²) in [5.41, 5.74) is 1.26. The SMILES string of the molecule is CCOC(=O)c1[nH]c2cc(OC)c(OC)cc2c1NC(=O)CCN1CCCC(C)C1. The van der Waals surface area contributed by atoms with Gasteiger partial charge in [0.2, 0.25) is 5.91 Å². The third-order valence-electron chi connectivity index (χ3n) is 5.44. The van der Waals surface area contributed by atoms with Gasteiger partial charge in [-0.2, -0.15) is 0 Å². The molecule has 0 aliphatic carbocycles. The Morgan fingerprint density at radius 2 is 1.97 bits per heavy atom. The molecule has 8 nitrogen and oxygen atoms in total. The van der Waals surface area contributed by atoms with Gasteiger partial charge in [-0.3, -0.25) is 4.79 Å². The van der Waals surface area contributed by atoms with Crippen molar-refractivity contribution in [2.45, 2.75) is 33.1 Å². The van der Waals surface area contributed by atoms with Crippen LogP contribution in [0.4, 0.5) is 5.69 Å². The third-order valence-corrected chi connectivity index (χ3v) is 5.44. The number of ether oxygens (including phenoxy) is 3. The number of piperidine rings is 1. The maximum absolute atomic E-state index is 12.7. The lowest BCUT2D eigenvalue weighted by atomic mass is 10.0. The molecule has 0 bridgehead atoms. The second kappa shape index (κ2) is 9.84. The summed E-state index contributed by atoms with van der Waals surface area (Å²) in [4.78, 5) is 30.6. The Bertz CT molecular complexity index is 908. The van der Waals surface area contributed by atoms with E-state index in [1.165, 1.54) is 12.8 Å². The van der Waals surface area contributed by atoms with E-state index < -0.39 is 5.97 Å². The van der Waals surface area contributed by atoms with E-state index in [1.54, 1.807) is 33.3 Å². The normalized spacial score (nSPS) is 17.0. The largest absolute Gasteiger partial charge is 0.493 e. The summed E-state index contributed by atoms with van der Waals surface area (Å²) in [5.74, 6) is 1.03. The molecule has 0 radical (unpaired) electrons. The van der Waals surface area contributed by atoms with E-state index in [2.05, 4.69) is 22.1 Å². The van der Waals surface area contributed by atoms with Gasteiger partial charge in [0.05, 0.1) is 32.0 Å². The average molecular weight is 418 g/mol. The molecule has 1 saturated heterocycles. The summed E-state index contributed by atoms with van der Waals surface area (Å²) in [6.45, 7) is 6.96. The van der Waals surface area contributed by atoms with Gasteiger partial charge in [0.1, 0.15) is 5.69 Å². The average Bonchev–Trinajstić information content (AvgIpc) is 3.08. The van der Waals surface area contributed by atoms with E-state index in [4.69, 9.17) is 14.2 Å². The van der Waals surface area contributed by atoms with Crippen molar-refractivity contribution in [3.8, 4) is 11.5 Å². The van der Waals surface area contributed by atoms with Crippen molar-refractivity contribution in [1.82, 2.24) is 9.88 Å². The first kappa shape index (κ1) is 22.0. The number of hydrogen-bond acceptors (Lipinski definition) is 6. The summed E-state index contributed by atoms with van der Waals surface area (Å²) in [6.07, 6.45) is 2.76. The van der Waals surface area contributed by atoms with Gasteiger partial charge in [-0.25, -0.2) is 4.79 Å². The lowest BCUT2D eigenvalue weighted by Crippen LogP contribution is -2.36. The third kappa shape index (κ3) is 4.87. The Hall–Kier alpha value is -2.74. The monoisotopic (exact) mass is 417 g/mol. The van der Waals surface area contributed by atoms with Crippen LogP contribution in [-0.4, -0.2) is 62.2 Å². The molecule has 1 atom stereocenters. The molecule has 3 rings (SSSR count). The van der Waals surface area contributed by atoms with Crippen LogP contribution in [0.25, 0.3) is 10.9 Å². The molecule has 8 heteroatoms. The summed E-state index contributed by atoms with van der Waals surface area (Å²) >= 11 is 0. The van der Waals surface area contributed by atoms with E-state index in [1.807, 2.05) is 0 Å². The molecule has 2 heterocycles. The van der Waals surface area contributed by atoms with Crippen molar-refractivity contribution in [2.24, 2.45) is 5.92 Å². The minimum absolute atomic E-state index is 0.144. The van der Waals surface area contributed by atoms with Crippen LogP contribution in [0, 0.1) is 5.92 Å². The van der Waals surface area contributed by atoms with Crippen LogP contribution in [0.3, 0.4) is 0 Å². The van der Waals surface area contributed by atoms with Crippen LogP contribution in [0.2, 0.25) is 0 Å². The van der Waals surface area contributed by atoms with Gasteiger partial charge in [0, 0.05) is 31.0 Å². The predicted molar refractivity (Wildman–Crippen MR) is 115 cm³/mol. The Morgan fingerprint density at radius 1 is 1.23 bits per heavy atom. The van der Waals surface area contributed by atoms with Gasteiger partial charge in [0.15, 0.2) is 11.5 Å². The second-order valence-electron chi connectivity index (χ2n) is 7.69. The minimum atomic E-state index is -0.521. The zero-order chi connectivity index (χ0) is 21.7. The standard InChI is InChI=1S/C22H31N3O5/c1-5-30-22(27)21-20(15-11-17(28-3)18(29-4)12-16(15)23-21)24-19(26)8-10-25-9-6-7-14(2)13-25/h11-12,14,23H,5-10,13H2,1-4H3,(H,24,26). The molecular weight excluding hydrogens is 386 g/mol. The highest BCUT2D eigenvalue weighted by Gasteiger charge is 2.23. The molecule has 1 aromatic heterocycles. The minimum Gasteiger partial charge on any atom is -0.493 e. The molecule has 164 valence electrons. The number of esters is 1. The first-order valence-corrected chi connectivity index (χ1v) is 10.4. The second-order valence-corrected chi connectivity index (χ2v) is 7.69. The smallest absolute Gasteiger partial charge is 0.356 e. The molecule has 1 fully saturated rings. The van der Waals surface area contributed by atoms with Crippen LogP contribution in [-0.2, 0) is 9.53 Å². The summed E-state index contributed by atoms with van der Waals surface area (Å²) in [5, 5.41) is 3.58. The number of nitrogens with one attached hydrogen (secondary N) is 2. The first-order valence-electron chi connectivity index (χ1n) is 10.4. The van der Waals surface area contributed by atoms with E-state index in [0.29, 0.717) is 47.0 Å². The number of amides is 1. The number of H-pyrrole nitrogens is 1. The van der Waals surface area contributed by atoms with Gasteiger partial charge < -0.3 is 29.4 Å². The number of benzene rings is 1. The molecule has 1 aromatic carbocycles. The summed E-state index contributed by atoms with van der Waals surface area (Å²) in [7, 11) is 3.09. The molecule has 0 saturated carbocycles. The quantitative estimate of drug-likeness (QED) is 0.640. The molecular formula is C22H31N3O5. The van der Waals surface area contributed by atoms with Crippen molar-refractivity contribution in [3.63, 3.8) is 0 Å². The Balaban J connectivity index is 1.85. The Morgan fingerprint density at radius 3 is 2.63 bits per heavy atom. The number of carbonyl (C=O) groups excluding carboxylic acids is 2. The summed E-state index contributed by atoms with van der Waals surface area (Å²) < 4.78 is 15.9. The molecule has 30 heavy (non-hydrogen) atoms. The van der Waals surface area contributed by atoms with Crippen molar-refractivity contribution >= 4 is 28.5 Å². The molecule has 2 N–H and O–H groups in total. The van der Waals surface area contributed by atoms with Crippen molar-refractivity contribution in [1.29, 1.82) is 0 Å². The number of aromatic amines is 1. The lowest BCUT2D eigenvalue weighted by Gasteiger charge is -2.30. The van der Waals surface area contributed by atoms with Gasteiger partial charge in [-0.1, -0.05) is 6.92 Å². The Kier molecular flexibility index (Phi) is 7.20. The van der Waals surface area contributed by atoms with E-state index in [-0.39, 0.29) is 18.2 Å². The molecule has 1 unspecified atom stereocenters. The number of fused-ring (bicyclic) bond motifs is 1. The van der Waals surface area contributed by atoms with Gasteiger partial charge in [-0.15, -0.1) is 0 Å². The number of rotatable bonds is 8. The number of aromatic nitrogens is 1. The maximum atomic E-state index is 12.7. The molecule has 2 aromatic rings. The number of anilines is 1. The number of hydrogen-bond donors (Lipinski definition) is 2. The van der Waals surface area contributed by atoms with Gasteiger partial charge in [-0.05, 0) is 38.3 Å². The van der Waals surface area contributed by atoms with Gasteiger partial charge in [0.25, 0.3) is 0 Å². The van der Waals surface area contributed by atoms with E-state index in [9.17, 15) is 9.59 Å².